The SMILES string of the molecule is Nc1n[nH]c(-c2ccc(Cl)c(F)c2)c1-c1ccccn1. The van der Waals surface area contributed by atoms with E-state index in [0.717, 1.165) is 0 Å². The largest absolute Gasteiger partial charge is 0.382 e. The average Bonchev–Trinajstić information content (AvgIpc) is 2.85. The van der Waals surface area contributed by atoms with Crippen LogP contribution in [0, 0.1) is 5.82 Å². The van der Waals surface area contributed by atoms with Crippen LogP contribution in [0.15, 0.2) is 42.6 Å². The Morgan fingerprint density at radius 2 is 2.05 bits per heavy atom. The first-order chi connectivity index (χ1) is 9.66. The lowest BCUT2D eigenvalue weighted by atomic mass is 10.0. The van der Waals surface area contributed by atoms with E-state index in [9.17, 15) is 4.39 Å². The first-order valence-corrected chi connectivity index (χ1v) is 6.25. The third-order valence-electron chi connectivity index (χ3n) is 2.92. The van der Waals surface area contributed by atoms with Gasteiger partial charge in [-0.15, -0.1) is 0 Å². The molecule has 0 aliphatic carbocycles. The van der Waals surface area contributed by atoms with Crippen LogP contribution in [0.25, 0.3) is 22.5 Å². The number of rotatable bonds is 2. The predicted molar refractivity (Wildman–Crippen MR) is 76.6 cm³/mol. The molecule has 6 heteroatoms. The fourth-order valence-electron chi connectivity index (χ4n) is 1.99. The second kappa shape index (κ2) is 4.94. The molecule has 0 amide bonds. The minimum absolute atomic E-state index is 0.0700. The number of H-pyrrole nitrogens is 1. The molecule has 100 valence electrons. The van der Waals surface area contributed by atoms with Crippen molar-refractivity contribution in [1.82, 2.24) is 15.2 Å². The van der Waals surface area contributed by atoms with Crippen molar-refractivity contribution in [2.45, 2.75) is 0 Å². The van der Waals surface area contributed by atoms with Crippen molar-refractivity contribution in [3.8, 4) is 22.5 Å². The quantitative estimate of drug-likeness (QED) is 0.758. The van der Waals surface area contributed by atoms with E-state index in [-0.39, 0.29) is 5.02 Å². The van der Waals surface area contributed by atoms with Crippen molar-refractivity contribution in [3.63, 3.8) is 0 Å². The Morgan fingerprint density at radius 3 is 2.75 bits per heavy atom. The lowest BCUT2D eigenvalue weighted by molar-refractivity contribution is 0.628. The van der Waals surface area contributed by atoms with Gasteiger partial charge in [-0.3, -0.25) is 10.1 Å². The number of nitrogen functional groups attached to an aromatic ring is 1. The molecule has 0 unspecified atom stereocenters. The lowest BCUT2D eigenvalue weighted by Crippen LogP contribution is -1.91. The van der Waals surface area contributed by atoms with Gasteiger partial charge in [-0.1, -0.05) is 23.7 Å². The van der Waals surface area contributed by atoms with Gasteiger partial charge in [-0.2, -0.15) is 5.10 Å². The summed E-state index contributed by atoms with van der Waals surface area (Å²) in [6.07, 6.45) is 1.66. The van der Waals surface area contributed by atoms with E-state index in [1.54, 1.807) is 18.3 Å². The fourth-order valence-corrected chi connectivity index (χ4v) is 2.10. The van der Waals surface area contributed by atoms with E-state index >= 15 is 0 Å². The third kappa shape index (κ3) is 2.12. The van der Waals surface area contributed by atoms with E-state index < -0.39 is 5.82 Å². The number of hydrogen-bond donors (Lipinski definition) is 2. The maximum absolute atomic E-state index is 13.6. The molecule has 0 aliphatic heterocycles. The van der Waals surface area contributed by atoms with Gasteiger partial charge in [-0.25, -0.2) is 4.39 Å². The molecule has 2 aromatic heterocycles. The monoisotopic (exact) mass is 288 g/mol. The van der Waals surface area contributed by atoms with Gasteiger partial charge in [-0.05, 0) is 24.3 Å². The molecular formula is C14H10ClFN4. The number of aromatic amines is 1. The summed E-state index contributed by atoms with van der Waals surface area (Å²) in [7, 11) is 0. The van der Waals surface area contributed by atoms with Crippen LogP contribution in [0.5, 0.6) is 0 Å². The van der Waals surface area contributed by atoms with E-state index in [2.05, 4.69) is 15.2 Å². The highest BCUT2D eigenvalue weighted by atomic mass is 35.5. The molecule has 0 atom stereocenters. The van der Waals surface area contributed by atoms with Crippen LogP contribution in [-0.4, -0.2) is 15.2 Å². The van der Waals surface area contributed by atoms with Crippen molar-refractivity contribution in [3.05, 3.63) is 53.4 Å². The first-order valence-electron chi connectivity index (χ1n) is 5.87. The van der Waals surface area contributed by atoms with Crippen LogP contribution in [0.1, 0.15) is 0 Å². The Bertz CT molecular complexity index is 755. The number of nitrogens with zero attached hydrogens (tertiary/aromatic N) is 2. The molecule has 3 rings (SSSR count). The number of hydrogen-bond acceptors (Lipinski definition) is 3. The Labute approximate surface area is 119 Å². The highest BCUT2D eigenvalue weighted by Gasteiger charge is 2.16. The Morgan fingerprint density at radius 1 is 1.20 bits per heavy atom. The summed E-state index contributed by atoms with van der Waals surface area (Å²) >= 11 is 5.69. The summed E-state index contributed by atoms with van der Waals surface area (Å²) in [4.78, 5) is 4.25. The number of halogens is 2. The summed E-state index contributed by atoms with van der Waals surface area (Å²) in [6.45, 7) is 0. The summed E-state index contributed by atoms with van der Waals surface area (Å²) in [5, 5.41) is 6.86. The van der Waals surface area contributed by atoms with Crippen LogP contribution < -0.4 is 5.73 Å². The Kier molecular flexibility index (Phi) is 3.12. The standard InChI is InChI=1S/C14H10ClFN4/c15-9-5-4-8(7-10(9)16)13-12(14(17)20-19-13)11-3-1-2-6-18-11/h1-7H,(H3,17,19,20). The van der Waals surface area contributed by atoms with Gasteiger partial charge in [0.2, 0.25) is 0 Å². The molecule has 0 spiro atoms. The smallest absolute Gasteiger partial charge is 0.155 e. The molecule has 0 saturated heterocycles. The lowest BCUT2D eigenvalue weighted by Gasteiger charge is -2.04. The molecule has 2 heterocycles. The zero-order valence-electron chi connectivity index (χ0n) is 10.3. The minimum atomic E-state index is -0.496. The summed E-state index contributed by atoms with van der Waals surface area (Å²) in [6, 6.07) is 10.00. The minimum Gasteiger partial charge on any atom is -0.382 e. The van der Waals surface area contributed by atoms with Gasteiger partial charge < -0.3 is 5.73 Å². The van der Waals surface area contributed by atoms with E-state index in [0.29, 0.717) is 28.3 Å². The zero-order chi connectivity index (χ0) is 14.1. The molecule has 0 fully saturated rings. The number of pyridine rings is 1. The number of nitrogens with one attached hydrogen (secondary N) is 1. The van der Waals surface area contributed by atoms with E-state index in [1.807, 2.05) is 12.1 Å². The van der Waals surface area contributed by atoms with Gasteiger partial charge in [0.05, 0.1) is 22.0 Å². The molecular weight excluding hydrogens is 279 g/mol. The van der Waals surface area contributed by atoms with Crippen molar-refractivity contribution in [2.75, 3.05) is 5.73 Å². The van der Waals surface area contributed by atoms with Gasteiger partial charge in [0.15, 0.2) is 5.82 Å². The Balaban J connectivity index is 2.18. The van der Waals surface area contributed by atoms with Crippen molar-refractivity contribution >= 4 is 17.4 Å². The molecule has 0 saturated carbocycles. The van der Waals surface area contributed by atoms with E-state index in [4.69, 9.17) is 17.3 Å². The number of nitrogens with two attached hydrogens (primary N) is 1. The van der Waals surface area contributed by atoms with Crippen molar-refractivity contribution in [2.24, 2.45) is 0 Å². The van der Waals surface area contributed by atoms with Gasteiger partial charge >= 0.3 is 0 Å². The maximum Gasteiger partial charge on any atom is 0.155 e. The fraction of sp³-hybridized carbons (Fsp3) is 0. The zero-order valence-corrected chi connectivity index (χ0v) is 11.0. The number of benzene rings is 1. The van der Waals surface area contributed by atoms with Gasteiger partial charge in [0.25, 0.3) is 0 Å². The molecule has 3 N–H and O–H groups in total. The summed E-state index contributed by atoms with van der Waals surface area (Å²) in [5.74, 6) is -0.182. The molecule has 0 aliphatic rings. The maximum atomic E-state index is 13.6. The molecule has 3 aromatic rings. The highest BCUT2D eigenvalue weighted by Crippen LogP contribution is 2.34. The van der Waals surface area contributed by atoms with Crippen LogP contribution >= 0.6 is 11.6 Å². The van der Waals surface area contributed by atoms with Crippen molar-refractivity contribution in [1.29, 1.82) is 0 Å². The molecule has 4 nitrogen and oxygen atoms in total. The summed E-state index contributed by atoms with van der Waals surface area (Å²) < 4.78 is 13.6. The average molecular weight is 289 g/mol. The van der Waals surface area contributed by atoms with Gasteiger partial charge in [0, 0.05) is 11.8 Å². The predicted octanol–water partition coefficient (Wildman–Crippen LogP) is 3.51. The van der Waals surface area contributed by atoms with E-state index in [1.165, 1.54) is 12.1 Å². The normalized spacial score (nSPS) is 10.7. The number of anilines is 1. The van der Waals surface area contributed by atoms with Crippen molar-refractivity contribution < 1.29 is 4.39 Å². The molecule has 20 heavy (non-hydrogen) atoms. The second-order valence-electron chi connectivity index (χ2n) is 4.20. The van der Waals surface area contributed by atoms with Crippen LogP contribution in [0.4, 0.5) is 10.2 Å². The van der Waals surface area contributed by atoms with Crippen LogP contribution in [0.3, 0.4) is 0 Å². The van der Waals surface area contributed by atoms with Crippen LogP contribution in [0.2, 0.25) is 5.02 Å². The molecule has 0 radical (unpaired) electrons. The second-order valence-corrected chi connectivity index (χ2v) is 4.61. The summed E-state index contributed by atoms with van der Waals surface area (Å²) in [5.41, 5.74) is 8.41. The third-order valence-corrected chi connectivity index (χ3v) is 3.23. The number of aromatic nitrogens is 3. The Hall–Kier alpha value is -2.40. The van der Waals surface area contributed by atoms with Crippen LogP contribution in [-0.2, 0) is 0 Å². The highest BCUT2D eigenvalue weighted by molar-refractivity contribution is 6.30. The molecule has 0 bridgehead atoms. The molecule has 1 aromatic carbocycles. The van der Waals surface area contributed by atoms with Gasteiger partial charge in [0.1, 0.15) is 5.82 Å². The first kappa shape index (κ1) is 12.6. The topological polar surface area (TPSA) is 67.6 Å².